The molecule has 2 aromatic carbocycles. The van der Waals surface area contributed by atoms with E-state index in [2.05, 4.69) is 84.0 Å². The molecule has 2 fully saturated rings. The van der Waals surface area contributed by atoms with Gasteiger partial charge in [-0.05, 0) is 93.6 Å². The Hall–Kier alpha value is -2.07. The zero-order valence-corrected chi connectivity index (χ0v) is 17.0. The van der Waals surface area contributed by atoms with E-state index < -0.39 is 0 Å². The minimum Gasteiger partial charge on any atom is -0.359 e. The number of nitrogens with one attached hydrogen (secondary N) is 2. The first kappa shape index (κ1) is 18.3. The second-order valence-corrected chi connectivity index (χ2v) is 8.63. The smallest absolute Gasteiger partial charge is 0.171 e. The Labute approximate surface area is 168 Å². The Morgan fingerprint density at radius 3 is 2.26 bits per heavy atom. The van der Waals surface area contributed by atoms with Gasteiger partial charge >= 0.3 is 0 Å². The molecule has 0 aromatic heterocycles. The molecule has 142 valence electrons. The highest BCUT2D eigenvalue weighted by molar-refractivity contribution is 7.80. The fraction of sp³-hybridized carbons (Fsp3) is 0.435. The lowest BCUT2D eigenvalue weighted by atomic mass is 9.96. The average molecular weight is 380 g/mol. The predicted octanol–water partition coefficient (Wildman–Crippen LogP) is 5.71. The van der Waals surface area contributed by atoms with Crippen molar-refractivity contribution in [1.82, 2.24) is 5.32 Å². The first-order chi connectivity index (χ1) is 13.1. The number of hydrogen-bond acceptors (Lipinski definition) is 2. The number of benzene rings is 2. The summed E-state index contributed by atoms with van der Waals surface area (Å²) >= 11 is 5.56. The Bertz CT molecular complexity index is 772. The van der Waals surface area contributed by atoms with Crippen molar-refractivity contribution < 1.29 is 0 Å². The molecule has 0 saturated heterocycles. The van der Waals surface area contributed by atoms with Gasteiger partial charge < -0.3 is 15.5 Å². The minimum absolute atomic E-state index is 0.381. The van der Waals surface area contributed by atoms with Crippen LogP contribution in [0, 0.1) is 11.8 Å². The van der Waals surface area contributed by atoms with Gasteiger partial charge in [-0.1, -0.05) is 24.6 Å². The minimum atomic E-state index is 0.381. The molecule has 0 aliphatic heterocycles. The molecule has 2 aromatic rings. The van der Waals surface area contributed by atoms with Crippen molar-refractivity contribution in [2.75, 3.05) is 10.2 Å². The van der Waals surface area contributed by atoms with Crippen molar-refractivity contribution in [3.05, 3.63) is 54.6 Å². The Morgan fingerprint density at radius 2 is 1.67 bits per heavy atom. The van der Waals surface area contributed by atoms with Crippen molar-refractivity contribution >= 4 is 34.4 Å². The van der Waals surface area contributed by atoms with E-state index in [-0.39, 0.29) is 0 Å². The normalized spacial score (nSPS) is 23.4. The molecule has 2 aliphatic carbocycles. The van der Waals surface area contributed by atoms with Gasteiger partial charge in [0.05, 0.1) is 0 Å². The summed E-state index contributed by atoms with van der Waals surface area (Å²) in [6.07, 6.45) is 5.45. The molecule has 0 spiro atoms. The van der Waals surface area contributed by atoms with Crippen LogP contribution in [0.25, 0.3) is 0 Å². The number of para-hydroxylation sites is 1. The summed E-state index contributed by atoms with van der Waals surface area (Å²) in [7, 11) is 0. The van der Waals surface area contributed by atoms with Crippen LogP contribution in [0.4, 0.5) is 17.1 Å². The highest BCUT2D eigenvalue weighted by Gasteiger charge is 2.39. The summed E-state index contributed by atoms with van der Waals surface area (Å²) in [5.41, 5.74) is 3.44. The van der Waals surface area contributed by atoms with Crippen LogP contribution in [0.2, 0.25) is 0 Å². The van der Waals surface area contributed by atoms with Gasteiger partial charge in [0.1, 0.15) is 0 Å². The van der Waals surface area contributed by atoms with E-state index in [4.69, 9.17) is 12.2 Å². The number of rotatable bonds is 5. The highest BCUT2D eigenvalue weighted by atomic mass is 32.1. The lowest BCUT2D eigenvalue weighted by molar-refractivity contribution is 0.392. The lowest BCUT2D eigenvalue weighted by Gasteiger charge is -2.29. The summed E-state index contributed by atoms with van der Waals surface area (Å²) < 4.78 is 0. The van der Waals surface area contributed by atoms with E-state index in [1.807, 2.05) is 0 Å². The van der Waals surface area contributed by atoms with E-state index in [1.165, 1.54) is 37.1 Å². The van der Waals surface area contributed by atoms with E-state index in [0.717, 1.165) is 22.6 Å². The van der Waals surface area contributed by atoms with Crippen molar-refractivity contribution in [3.8, 4) is 0 Å². The van der Waals surface area contributed by atoms with E-state index in [0.29, 0.717) is 12.1 Å². The van der Waals surface area contributed by atoms with Crippen LogP contribution in [-0.2, 0) is 0 Å². The number of hydrogen-bond donors (Lipinski definition) is 2. The van der Waals surface area contributed by atoms with Crippen LogP contribution in [0.3, 0.4) is 0 Å². The molecule has 0 amide bonds. The van der Waals surface area contributed by atoms with Crippen molar-refractivity contribution in [2.45, 2.75) is 51.6 Å². The standard InChI is InChI=1S/C23H29N3S/c1-16(2)26(20-6-4-3-5-7-20)21-12-10-19(11-13-21)24-23(27)25-22-15-17-8-9-18(22)14-17/h3-7,10-13,16-18,22H,8-9,14-15H2,1-2H3,(H2,24,25,27)/t17-,18+,22+/m0/s1. The van der Waals surface area contributed by atoms with E-state index in [1.54, 1.807) is 0 Å². The zero-order valence-electron chi connectivity index (χ0n) is 16.2. The first-order valence-corrected chi connectivity index (χ1v) is 10.5. The van der Waals surface area contributed by atoms with Gasteiger partial charge in [0.2, 0.25) is 0 Å². The number of fused-ring (bicyclic) bond motifs is 2. The highest BCUT2D eigenvalue weighted by Crippen LogP contribution is 2.44. The van der Waals surface area contributed by atoms with Crippen LogP contribution < -0.4 is 15.5 Å². The summed E-state index contributed by atoms with van der Waals surface area (Å²) in [4.78, 5) is 2.34. The largest absolute Gasteiger partial charge is 0.359 e. The second kappa shape index (κ2) is 7.89. The van der Waals surface area contributed by atoms with Gasteiger partial charge in [-0.3, -0.25) is 0 Å². The average Bonchev–Trinajstić information content (AvgIpc) is 3.27. The van der Waals surface area contributed by atoms with E-state index >= 15 is 0 Å². The molecule has 27 heavy (non-hydrogen) atoms. The molecule has 2 aliphatic rings. The maximum atomic E-state index is 5.56. The monoisotopic (exact) mass is 379 g/mol. The van der Waals surface area contributed by atoms with Crippen LogP contribution in [0.15, 0.2) is 54.6 Å². The number of nitrogens with zero attached hydrogens (tertiary/aromatic N) is 1. The molecule has 2 saturated carbocycles. The fourth-order valence-corrected chi connectivity index (χ4v) is 5.07. The molecular formula is C23H29N3S. The molecule has 0 unspecified atom stereocenters. The van der Waals surface area contributed by atoms with Crippen molar-refractivity contribution in [2.24, 2.45) is 11.8 Å². The number of anilines is 3. The van der Waals surface area contributed by atoms with Crippen LogP contribution >= 0.6 is 12.2 Å². The van der Waals surface area contributed by atoms with Gasteiger partial charge in [-0.25, -0.2) is 0 Å². The second-order valence-electron chi connectivity index (χ2n) is 8.23. The maximum Gasteiger partial charge on any atom is 0.171 e. The Kier molecular flexibility index (Phi) is 5.35. The van der Waals surface area contributed by atoms with Gasteiger partial charge in [0.25, 0.3) is 0 Å². The maximum absolute atomic E-state index is 5.56. The molecule has 3 atom stereocenters. The van der Waals surface area contributed by atoms with Gasteiger partial charge in [-0.15, -0.1) is 0 Å². The Balaban J connectivity index is 1.40. The lowest BCUT2D eigenvalue weighted by Crippen LogP contribution is -2.40. The van der Waals surface area contributed by atoms with Crippen LogP contribution in [-0.4, -0.2) is 17.2 Å². The molecule has 3 nitrogen and oxygen atoms in total. The summed E-state index contributed by atoms with van der Waals surface area (Å²) in [6, 6.07) is 20.0. The third-order valence-electron chi connectivity index (χ3n) is 6.01. The zero-order chi connectivity index (χ0) is 18.8. The third-order valence-corrected chi connectivity index (χ3v) is 6.23. The SMILES string of the molecule is CC(C)N(c1ccccc1)c1ccc(NC(=S)N[C@@H]2C[C@H]3CC[C@@H]2C3)cc1. The van der Waals surface area contributed by atoms with Crippen LogP contribution in [0.1, 0.15) is 39.5 Å². The van der Waals surface area contributed by atoms with Gasteiger partial charge in [0, 0.05) is 29.1 Å². The summed E-state index contributed by atoms with van der Waals surface area (Å²) in [5, 5.41) is 7.67. The van der Waals surface area contributed by atoms with Crippen molar-refractivity contribution in [1.29, 1.82) is 0 Å². The third kappa shape index (κ3) is 4.11. The Morgan fingerprint density at radius 1 is 0.963 bits per heavy atom. The first-order valence-electron chi connectivity index (χ1n) is 10.1. The van der Waals surface area contributed by atoms with Crippen molar-refractivity contribution in [3.63, 3.8) is 0 Å². The van der Waals surface area contributed by atoms with E-state index in [9.17, 15) is 0 Å². The topological polar surface area (TPSA) is 27.3 Å². The molecular weight excluding hydrogens is 350 g/mol. The molecule has 2 N–H and O–H groups in total. The summed E-state index contributed by atoms with van der Waals surface area (Å²) in [6.45, 7) is 4.43. The fourth-order valence-electron chi connectivity index (χ4n) is 4.80. The van der Waals surface area contributed by atoms with Crippen LogP contribution in [0.5, 0.6) is 0 Å². The predicted molar refractivity (Wildman–Crippen MR) is 119 cm³/mol. The van der Waals surface area contributed by atoms with Gasteiger partial charge in [0.15, 0.2) is 5.11 Å². The molecule has 4 heteroatoms. The molecule has 0 radical (unpaired) electrons. The molecule has 4 rings (SSSR count). The van der Waals surface area contributed by atoms with Gasteiger partial charge in [-0.2, -0.15) is 0 Å². The molecule has 2 bridgehead atoms. The summed E-state index contributed by atoms with van der Waals surface area (Å²) in [5.74, 6) is 1.75. The quantitative estimate of drug-likeness (QED) is 0.651. The number of thiocarbonyl (C=S) groups is 1. The molecule has 0 heterocycles.